The van der Waals surface area contributed by atoms with Crippen LogP contribution in [0.2, 0.25) is 0 Å². The van der Waals surface area contributed by atoms with Gasteiger partial charge in [-0.25, -0.2) is 0 Å². The molecule has 1 atom stereocenters. The maximum Gasteiger partial charge on any atom is 0.267 e. The number of primary amides is 1. The molecule has 0 saturated heterocycles. The van der Waals surface area contributed by atoms with Crippen LogP contribution in [-0.4, -0.2) is 28.5 Å². The lowest BCUT2D eigenvalue weighted by atomic mass is 10.1. The van der Waals surface area contributed by atoms with E-state index in [2.05, 4.69) is 27.5 Å². The fourth-order valence-electron chi connectivity index (χ4n) is 2.53. The van der Waals surface area contributed by atoms with Gasteiger partial charge in [0.05, 0.1) is 0 Å². The Balaban J connectivity index is 2.25. The summed E-state index contributed by atoms with van der Waals surface area (Å²) in [6, 6.07) is 7.44. The average Bonchev–Trinajstić information content (AvgIpc) is 2.57. The molecule has 1 amide bonds. The van der Waals surface area contributed by atoms with Crippen molar-refractivity contribution in [3.63, 3.8) is 0 Å². The highest BCUT2D eigenvalue weighted by Gasteiger charge is 2.17. The number of carbonyl (C=O) groups excluding carboxylic acids is 1. The number of nitrogens with zero attached hydrogens (tertiary/aromatic N) is 1. The fourth-order valence-corrected chi connectivity index (χ4v) is 2.53. The molecule has 1 unspecified atom stereocenters. The number of amides is 1. The van der Waals surface area contributed by atoms with Gasteiger partial charge in [0.15, 0.2) is 5.82 Å². The Morgan fingerprint density at radius 1 is 1.38 bits per heavy atom. The molecule has 1 aromatic heterocycles. The van der Waals surface area contributed by atoms with E-state index in [-0.39, 0.29) is 23.4 Å². The number of benzene rings is 1. The molecule has 0 aliphatic rings. The molecule has 2 rings (SSSR count). The summed E-state index contributed by atoms with van der Waals surface area (Å²) >= 11 is 0. The van der Waals surface area contributed by atoms with Crippen molar-refractivity contribution in [2.75, 3.05) is 17.2 Å². The predicted molar refractivity (Wildman–Crippen MR) is 104 cm³/mol. The Kier molecular flexibility index (Phi) is 6.74. The van der Waals surface area contributed by atoms with Crippen LogP contribution >= 0.6 is 0 Å². The molecule has 0 fully saturated rings. The average molecular weight is 358 g/mol. The Morgan fingerprint density at radius 3 is 2.81 bits per heavy atom. The molecule has 8 heteroatoms. The van der Waals surface area contributed by atoms with Crippen molar-refractivity contribution in [3.05, 3.63) is 45.7 Å². The molecule has 140 valence electrons. The summed E-state index contributed by atoms with van der Waals surface area (Å²) in [7, 11) is 0. The molecule has 0 radical (unpaired) electrons. The molecule has 0 aliphatic carbocycles. The number of carbonyl (C=O) groups is 1. The van der Waals surface area contributed by atoms with Crippen molar-refractivity contribution >= 4 is 23.4 Å². The van der Waals surface area contributed by atoms with E-state index in [1.165, 1.54) is 0 Å². The highest BCUT2D eigenvalue weighted by Crippen LogP contribution is 2.18. The van der Waals surface area contributed by atoms with Gasteiger partial charge in [-0.05, 0) is 31.0 Å². The summed E-state index contributed by atoms with van der Waals surface area (Å²) in [6.45, 7) is 4.50. The van der Waals surface area contributed by atoms with E-state index in [4.69, 9.17) is 11.5 Å². The number of H-pyrrole nitrogens is 1. The second kappa shape index (κ2) is 9.00. The number of hydrogen-bond donors (Lipinski definition) is 5. The third-order valence-corrected chi connectivity index (χ3v) is 3.91. The second-order valence-electron chi connectivity index (χ2n) is 6.28. The van der Waals surface area contributed by atoms with Gasteiger partial charge in [-0.1, -0.05) is 31.9 Å². The fraction of sp³-hybridized carbons (Fsp3) is 0.389. The van der Waals surface area contributed by atoms with Crippen LogP contribution in [0.15, 0.2) is 29.1 Å². The number of aromatic nitrogens is 2. The molecule has 26 heavy (non-hydrogen) atoms. The summed E-state index contributed by atoms with van der Waals surface area (Å²) in [5.41, 5.74) is 12.3. The molecular formula is C18H26N6O2. The Labute approximate surface area is 152 Å². The number of aryl methyl sites for hydroxylation is 1. The van der Waals surface area contributed by atoms with Crippen LogP contribution in [0.25, 0.3) is 0 Å². The molecule has 1 aromatic carbocycles. The Morgan fingerprint density at radius 2 is 2.15 bits per heavy atom. The highest BCUT2D eigenvalue weighted by molar-refractivity contribution is 5.98. The zero-order chi connectivity index (χ0) is 19.1. The van der Waals surface area contributed by atoms with Gasteiger partial charge in [0.2, 0.25) is 5.95 Å². The van der Waals surface area contributed by atoms with Gasteiger partial charge in [0.25, 0.3) is 11.5 Å². The van der Waals surface area contributed by atoms with Crippen LogP contribution in [-0.2, 0) is 0 Å². The first-order valence-corrected chi connectivity index (χ1v) is 8.68. The molecule has 7 N–H and O–H groups in total. The number of anilines is 3. The number of unbranched alkanes of at least 4 members (excludes halogenated alkanes) is 1. The van der Waals surface area contributed by atoms with Crippen molar-refractivity contribution in [2.24, 2.45) is 11.5 Å². The van der Waals surface area contributed by atoms with Crippen molar-refractivity contribution in [2.45, 2.75) is 39.2 Å². The van der Waals surface area contributed by atoms with E-state index in [0.717, 1.165) is 24.8 Å². The van der Waals surface area contributed by atoms with E-state index >= 15 is 0 Å². The second-order valence-corrected chi connectivity index (χ2v) is 6.28. The van der Waals surface area contributed by atoms with E-state index in [9.17, 15) is 9.59 Å². The van der Waals surface area contributed by atoms with Gasteiger partial charge in [-0.2, -0.15) is 4.98 Å². The molecule has 0 saturated carbocycles. The normalized spacial score (nSPS) is 11.8. The Hall–Kier alpha value is -2.87. The van der Waals surface area contributed by atoms with Crippen LogP contribution in [0.3, 0.4) is 0 Å². The van der Waals surface area contributed by atoms with Crippen molar-refractivity contribution in [3.8, 4) is 0 Å². The molecule has 2 aromatic rings. The van der Waals surface area contributed by atoms with E-state index in [1.54, 1.807) is 0 Å². The lowest BCUT2D eigenvalue weighted by molar-refractivity contribution is 0.0999. The van der Waals surface area contributed by atoms with Crippen molar-refractivity contribution < 1.29 is 4.79 Å². The first-order chi connectivity index (χ1) is 12.4. The number of aromatic amines is 1. The first-order valence-electron chi connectivity index (χ1n) is 8.68. The van der Waals surface area contributed by atoms with E-state index in [0.29, 0.717) is 12.2 Å². The SMILES string of the molecule is CCCCC(N)CNc1nc(Nc2cccc(C)c2)c(C(N)=O)c(=O)[nH]1. The van der Waals surface area contributed by atoms with Crippen LogP contribution in [0.5, 0.6) is 0 Å². The third-order valence-electron chi connectivity index (χ3n) is 3.91. The monoisotopic (exact) mass is 358 g/mol. The maximum atomic E-state index is 12.3. The summed E-state index contributed by atoms with van der Waals surface area (Å²) in [5, 5.41) is 6.01. The molecule has 8 nitrogen and oxygen atoms in total. The minimum atomic E-state index is -0.847. The standard InChI is InChI=1S/C18H26N6O2/c1-3-4-7-12(19)10-21-18-23-16(14(15(20)25)17(26)24-18)22-13-8-5-6-11(2)9-13/h5-6,8-9,12H,3-4,7,10,19H2,1-2H3,(H2,20,25)(H3,21,22,23,24,26). The predicted octanol–water partition coefficient (Wildman–Crippen LogP) is 1.85. The van der Waals surface area contributed by atoms with Gasteiger partial charge in [-0.15, -0.1) is 0 Å². The largest absolute Gasteiger partial charge is 0.365 e. The molecule has 1 heterocycles. The lowest BCUT2D eigenvalue weighted by Gasteiger charge is -2.14. The van der Waals surface area contributed by atoms with Crippen molar-refractivity contribution in [1.29, 1.82) is 0 Å². The quantitative estimate of drug-likeness (QED) is 0.463. The van der Waals surface area contributed by atoms with Gasteiger partial charge in [0, 0.05) is 18.3 Å². The van der Waals surface area contributed by atoms with Crippen molar-refractivity contribution in [1.82, 2.24) is 9.97 Å². The molecule has 0 bridgehead atoms. The first kappa shape index (κ1) is 19.5. The van der Waals surface area contributed by atoms with Gasteiger partial charge < -0.3 is 22.1 Å². The Bertz CT molecular complexity index is 818. The maximum absolute atomic E-state index is 12.3. The molecule has 0 aliphatic heterocycles. The van der Waals surface area contributed by atoms with Crippen LogP contribution < -0.4 is 27.7 Å². The minimum Gasteiger partial charge on any atom is -0.365 e. The summed E-state index contributed by atoms with van der Waals surface area (Å²) in [6.07, 6.45) is 2.98. The number of hydrogen-bond acceptors (Lipinski definition) is 6. The van der Waals surface area contributed by atoms with Crippen LogP contribution in [0, 0.1) is 6.92 Å². The van der Waals surface area contributed by atoms with E-state index in [1.807, 2.05) is 31.2 Å². The van der Waals surface area contributed by atoms with Gasteiger partial charge >= 0.3 is 0 Å². The lowest BCUT2D eigenvalue weighted by Crippen LogP contribution is -2.31. The number of nitrogens with one attached hydrogen (secondary N) is 3. The smallest absolute Gasteiger partial charge is 0.267 e. The van der Waals surface area contributed by atoms with Gasteiger partial charge in [0.1, 0.15) is 5.56 Å². The molecular weight excluding hydrogens is 332 g/mol. The molecule has 0 spiro atoms. The summed E-state index contributed by atoms with van der Waals surface area (Å²) in [5.74, 6) is -0.501. The highest BCUT2D eigenvalue weighted by atomic mass is 16.2. The third kappa shape index (κ3) is 5.32. The van der Waals surface area contributed by atoms with Crippen LogP contribution in [0.1, 0.15) is 42.1 Å². The van der Waals surface area contributed by atoms with Gasteiger partial charge in [-0.3, -0.25) is 14.6 Å². The number of rotatable bonds is 9. The minimum absolute atomic E-state index is 0.0516. The summed E-state index contributed by atoms with van der Waals surface area (Å²) < 4.78 is 0. The summed E-state index contributed by atoms with van der Waals surface area (Å²) in [4.78, 5) is 30.8. The van der Waals surface area contributed by atoms with Crippen LogP contribution in [0.4, 0.5) is 17.5 Å². The topological polar surface area (TPSA) is 139 Å². The zero-order valence-electron chi connectivity index (χ0n) is 15.1. The zero-order valence-corrected chi connectivity index (χ0v) is 15.1. The van der Waals surface area contributed by atoms with E-state index < -0.39 is 11.5 Å². The number of nitrogens with two attached hydrogens (primary N) is 2.